The third kappa shape index (κ3) is 3.10. The molecule has 2 rings (SSSR count). The first-order valence-electron chi connectivity index (χ1n) is 6.73. The van der Waals surface area contributed by atoms with Crippen molar-refractivity contribution in [2.24, 2.45) is 0 Å². The van der Waals surface area contributed by atoms with Crippen LogP contribution < -0.4 is 11.1 Å². The highest BCUT2D eigenvalue weighted by molar-refractivity contribution is 9.10. The number of anilines is 2. The number of amides is 1. The topological polar surface area (TPSA) is 83.8 Å². The highest BCUT2D eigenvalue weighted by atomic mass is 79.9. The molecular weight excluding hydrogens is 332 g/mol. The van der Waals surface area contributed by atoms with Crippen LogP contribution in [0.25, 0.3) is 0 Å². The Balaban J connectivity index is 2.26. The van der Waals surface area contributed by atoms with Crippen LogP contribution in [-0.4, -0.2) is 16.1 Å². The van der Waals surface area contributed by atoms with Gasteiger partial charge in [-0.1, -0.05) is 29.8 Å². The molecule has 21 heavy (non-hydrogen) atoms. The Kier molecular flexibility index (Phi) is 4.37. The average molecular weight is 351 g/mol. The van der Waals surface area contributed by atoms with Gasteiger partial charge < -0.3 is 11.1 Å². The first kappa shape index (κ1) is 15.6. The molecule has 1 heterocycles. The van der Waals surface area contributed by atoms with Crippen molar-refractivity contribution in [3.63, 3.8) is 0 Å². The summed E-state index contributed by atoms with van der Waals surface area (Å²) < 4.78 is 1.04. The molecule has 112 valence electrons. The molecule has 1 aromatic heterocycles. The fraction of sp³-hybridized carbons (Fsp3) is 0.333. The largest absolute Gasteiger partial charge is 0.395 e. The standard InChI is InChI=1S/C15H19BrN4O/c1-7(2)13-12(17)14(20-19-13)15(21)18-10-5-8(3)11(16)9(4)6-10/h5-7H,17H2,1-4H3,(H,18,21)(H,19,20). The van der Waals surface area contributed by atoms with Gasteiger partial charge in [-0.05, 0) is 43.0 Å². The fourth-order valence-electron chi connectivity index (χ4n) is 2.19. The Morgan fingerprint density at radius 3 is 2.38 bits per heavy atom. The minimum atomic E-state index is -0.309. The Bertz CT molecular complexity index is 668. The second-order valence-corrected chi connectivity index (χ2v) is 6.23. The molecule has 0 saturated heterocycles. The molecule has 0 spiro atoms. The van der Waals surface area contributed by atoms with Gasteiger partial charge in [0.15, 0.2) is 5.69 Å². The molecule has 1 aromatic carbocycles. The van der Waals surface area contributed by atoms with Crippen molar-refractivity contribution in [2.75, 3.05) is 11.1 Å². The van der Waals surface area contributed by atoms with Gasteiger partial charge in [0.25, 0.3) is 5.91 Å². The van der Waals surface area contributed by atoms with Crippen LogP contribution >= 0.6 is 15.9 Å². The minimum Gasteiger partial charge on any atom is -0.395 e. The lowest BCUT2D eigenvalue weighted by Gasteiger charge is -2.09. The first-order valence-corrected chi connectivity index (χ1v) is 7.52. The van der Waals surface area contributed by atoms with Crippen LogP contribution in [0.5, 0.6) is 0 Å². The number of hydrogen-bond donors (Lipinski definition) is 3. The van der Waals surface area contributed by atoms with E-state index in [2.05, 4.69) is 31.4 Å². The Morgan fingerprint density at radius 1 is 1.33 bits per heavy atom. The second-order valence-electron chi connectivity index (χ2n) is 5.43. The predicted octanol–water partition coefficient (Wildman–Crippen LogP) is 3.75. The lowest BCUT2D eigenvalue weighted by Crippen LogP contribution is -2.14. The van der Waals surface area contributed by atoms with Gasteiger partial charge in [0.2, 0.25) is 0 Å². The van der Waals surface area contributed by atoms with Crippen molar-refractivity contribution in [3.8, 4) is 0 Å². The highest BCUT2D eigenvalue weighted by Gasteiger charge is 2.19. The van der Waals surface area contributed by atoms with Crippen molar-refractivity contribution in [3.05, 3.63) is 39.1 Å². The van der Waals surface area contributed by atoms with Crippen LogP contribution in [0, 0.1) is 13.8 Å². The van der Waals surface area contributed by atoms with E-state index in [1.54, 1.807) is 0 Å². The SMILES string of the molecule is Cc1cc(NC(=O)c2n[nH]c(C(C)C)c2N)cc(C)c1Br. The molecule has 0 aliphatic rings. The summed E-state index contributed by atoms with van der Waals surface area (Å²) in [5.74, 6) is -0.118. The number of benzene rings is 1. The lowest BCUT2D eigenvalue weighted by molar-refractivity contribution is 0.102. The number of aromatic nitrogens is 2. The van der Waals surface area contributed by atoms with E-state index in [0.717, 1.165) is 27.0 Å². The first-order chi connectivity index (χ1) is 9.81. The third-order valence-corrected chi connectivity index (χ3v) is 4.57. The number of nitrogens with one attached hydrogen (secondary N) is 2. The van der Waals surface area contributed by atoms with Crippen molar-refractivity contribution in [1.29, 1.82) is 0 Å². The molecule has 0 aliphatic carbocycles. The molecule has 2 aromatic rings. The summed E-state index contributed by atoms with van der Waals surface area (Å²) in [6.45, 7) is 7.94. The van der Waals surface area contributed by atoms with Gasteiger partial charge in [-0.3, -0.25) is 9.89 Å². The predicted molar refractivity (Wildman–Crippen MR) is 88.7 cm³/mol. The van der Waals surface area contributed by atoms with Gasteiger partial charge >= 0.3 is 0 Å². The van der Waals surface area contributed by atoms with E-state index in [-0.39, 0.29) is 17.5 Å². The lowest BCUT2D eigenvalue weighted by atomic mass is 10.1. The molecule has 4 N–H and O–H groups in total. The number of nitrogens with zero attached hydrogens (tertiary/aromatic N) is 1. The molecule has 1 amide bonds. The summed E-state index contributed by atoms with van der Waals surface area (Å²) in [6, 6.07) is 3.81. The van der Waals surface area contributed by atoms with E-state index in [9.17, 15) is 4.79 Å². The van der Waals surface area contributed by atoms with Crippen molar-refractivity contribution < 1.29 is 4.79 Å². The monoisotopic (exact) mass is 350 g/mol. The zero-order chi connectivity index (χ0) is 15.7. The van der Waals surface area contributed by atoms with Gasteiger partial charge in [-0.15, -0.1) is 0 Å². The maximum Gasteiger partial charge on any atom is 0.278 e. The van der Waals surface area contributed by atoms with Crippen LogP contribution in [0.4, 0.5) is 11.4 Å². The fourth-order valence-corrected chi connectivity index (χ4v) is 2.41. The molecule has 6 heteroatoms. The highest BCUT2D eigenvalue weighted by Crippen LogP contribution is 2.26. The molecule has 0 unspecified atom stereocenters. The van der Waals surface area contributed by atoms with Crippen molar-refractivity contribution >= 4 is 33.2 Å². The number of rotatable bonds is 3. The number of carbonyl (C=O) groups is 1. The average Bonchev–Trinajstić information content (AvgIpc) is 2.77. The summed E-state index contributed by atoms with van der Waals surface area (Å²) in [6.07, 6.45) is 0. The van der Waals surface area contributed by atoms with E-state index in [0.29, 0.717) is 5.69 Å². The Morgan fingerprint density at radius 2 is 1.90 bits per heavy atom. The molecule has 0 radical (unpaired) electrons. The number of H-pyrrole nitrogens is 1. The van der Waals surface area contributed by atoms with Crippen LogP contribution in [0.15, 0.2) is 16.6 Å². The summed E-state index contributed by atoms with van der Waals surface area (Å²) in [5.41, 5.74) is 10.3. The van der Waals surface area contributed by atoms with Crippen molar-refractivity contribution in [1.82, 2.24) is 10.2 Å². The Labute approximate surface area is 132 Å². The number of aryl methyl sites for hydroxylation is 2. The molecule has 0 atom stereocenters. The molecule has 5 nitrogen and oxygen atoms in total. The molecular formula is C15H19BrN4O. The third-order valence-electron chi connectivity index (χ3n) is 3.32. The number of nitrogens with two attached hydrogens (primary N) is 1. The van der Waals surface area contributed by atoms with Gasteiger partial charge in [-0.25, -0.2) is 0 Å². The number of aromatic amines is 1. The van der Waals surface area contributed by atoms with E-state index < -0.39 is 0 Å². The van der Waals surface area contributed by atoms with Gasteiger partial charge in [0, 0.05) is 10.2 Å². The summed E-state index contributed by atoms with van der Waals surface area (Å²) in [4.78, 5) is 12.3. The number of halogens is 1. The summed E-state index contributed by atoms with van der Waals surface area (Å²) >= 11 is 3.51. The summed E-state index contributed by atoms with van der Waals surface area (Å²) in [5, 5.41) is 9.69. The number of hydrogen-bond acceptors (Lipinski definition) is 3. The van der Waals surface area contributed by atoms with Gasteiger partial charge in [0.1, 0.15) is 0 Å². The number of nitrogen functional groups attached to an aromatic ring is 1. The van der Waals surface area contributed by atoms with E-state index in [1.165, 1.54) is 0 Å². The second kappa shape index (κ2) is 5.89. The zero-order valence-corrected chi connectivity index (χ0v) is 14.1. The van der Waals surface area contributed by atoms with E-state index in [4.69, 9.17) is 5.73 Å². The van der Waals surface area contributed by atoms with E-state index >= 15 is 0 Å². The molecule has 0 fully saturated rings. The molecule has 0 aliphatic heterocycles. The normalized spacial score (nSPS) is 11.0. The van der Waals surface area contributed by atoms with E-state index in [1.807, 2.05) is 39.8 Å². The van der Waals surface area contributed by atoms with Crippen molar-refractivity contribution in [2.45, 2.75) is 33.6 Å². The summed E-state index contributed by atoms with van der Waals surface area (Å²) in [7, 11) is 0. The van der Waals surface area contributed by atoms with Gasteiger partial charge in [0.05, 0.1) is 11.4 Å². The maximum absolute atomic E-state index is 12.3. The maximum atomic E-state index is 12.3. The quantitative estimate of drug-likeness (QED) is 0.788. The van der Waals surface area contributed by atoms with Crippen LogP contribution in [0.3, 0.4) is 0 Å². The number of carbonyl (C=O) groups excluding carboxylic acids is 1. The smallest absolute Gasteiger partial charge is 0.278 e. The van der Waals surface area contributed by atoms with Crippen LogP contribution in [0.2, 0.25) is 0 Å². The molecule has 0 bridgehead atoms. The van der Waals surface area contributed by atoms with Crippen LogP contribution in [0.1, 0.15) is 47.1 Å². The Hall–Kier alpha value is -1.82. The minimum absolute atomic E-state index is 0.191. The van der Waals surface area contributed by atoms with Crippen LogP contribution in [-0.2, 0) is 0 Å². The zero-order valence-electron chi connectivity index (χ0n) is 12.5. The van der Waals surface area contributed by atoms with Gasteiger partial charge in [-0.2, -0.15) is 5.10 Å². The molecule has 0 saturated carbocycles.